The Morgan fingerprint density at radius 2 is 1.48 bits per heavy atom. The SMILES string of the molecule is CCc1ccc(NS(C)(=O)=O)c(NC(=O)NNc2c(F)c(F)c(F)c(F)c2F)c1. The highest BCUT2D eigenvalue weighted by molar-refractivity contribution is 7.92. The number of anilines is 3. The van der Waals surface area contributed by atoms with Gasteiger partial charge in [-0.1, -0.05) is 13.0 Å². The second-order valence-electron chi connectivity index (χ2n) is 5.76. The number of rotatable bonds is 6. The van der Waals surface area contributed by atoms with Crippen molar-refractivity contribution in [3.8, 4) is 0 Å². The second kappa shape index (κ2) is 8.51. The standard InChI is InChI=1S/C16H15F5N4O3S/c1-3-7-4-5-8(25-29(2,27)28)9(6-7)22-16(26)24-23-15-13(20)11(18)10(17)12(19)14(15)21/h4-6,23,25H,3H2,1-2H3,(H2,22,24,26). The average molecular weight is 438 g/mol. The predicted octanol–water partition coefficient (Wildman–Crippen LogP) is 3.46. The molecule has 13 heteroatoms. The van der Waals surface area contributed by atoms with Crippen molar-refractivity contribution < 1.29 is 35.2 Å². The number of sulfonamides is 1. The van der Waals surface area contributed by atoms with Crippen LogP contribution in [0.5, 0.6) is 0 Å². The van der Waals surface area contributed by atoms with Gasteiger partial charge in [0.15, 0.2) is 23.3 Å². The van der Waals surface area contributed by atoms with E-state index in [0.717, 1.165) is 6.26 Å². The molecule has 0 saturated carbocycles. The number of carbonyl (C=O) groups is 1. The van der Waals surface area contributed by atoms with Gasteiger partial charge in [-0.15, -0.1) is 0 Å². The van der Waals surface area contributed by atoms with Crippen molar-refractivity contribution in [1.29, 1.82) is 0 Å². The van der Waals surface area contributed by atoms with Gasteiger partial charge < -0.3 is 5.32 Å². The lowest BCUT2D eigenvalue weighted by molar-refractivity contribution is 0.253. The van der Waals surface area contributed by atoms with Crippen LogP contribution in [0.4, 0.5) is 43.8 Å². The summed E-state index contributed by atoms with van der Waals surface area (Å²) in [5, 5.41) is 2.21. The van der Waals surface area contributed by atoms with Crippen molar-refractivity contribution in [2.75, 3.05) is 21.7 Å². The van der Waals surface area contributed by atoms with Crippen molar-refractivity contribution in [1.82, 2.24) is 5.43 Å². The Hall–Kier alpha value is -3.09. The van der Waals surface area contributed by atoms with Crippen molar-refractivity contribution >= 4 is 33.1 Å². The quantitative estimate of drug-likeness (QED) is 0.240. The summed E-state index contributed by atoms with van der Waals surface area (Å²) in [5.74, 6) is -11.1. The molecule has 158 valence electrons. The van der Waals surface area contributed by atoms with E-state index in [2.05, 4.69) is 10.0 Å². The fourth-order valence-corrected chi connectivity index (χ4v) is 2.77. The lowest BCUT2D eigenvalue weighted by atomic mass is 10.1. The molecular weight excluding hydrogens is 423 g/mol. The van der Waals surface area contributed by atoms with E-state index in [0.29, 0.717) is 12.0 Å². The highest BCUT2D eigenvalue weighted by Gasteiger charge is 2.26. The first-order valence-electron chi connectivity index (χ1n) is 7.89. The Balaban J connectivity index is 2.22. The van der Waals surface area contributed by atoms with E-state index >= 15 is 0 Å². The molecule has 2 aromatic rings. The highest BCUT2D eigenvalue weighted by atomic mass is 32.2. The maximum atomic E-state index is 13.6. The minimum atomic E-state index is -3.69. The highest BCUT2D eigenvalue weighted by Crippen LogP contribution is 2.27. The molecule has 0 aliphatic heterocycles. The van der Waals surface area contributed by atoms with Gasteiger partial charge in [0.25, 0.3) is 0 Å². The summed E-state index contributed by atoms with van der Waals surface area (Å²) in [4.78, 5) is 12.0. The first-order valence-corrected chi connectivity index (χ1v) is 9.78. The third-order valence-corrected chi connectivity index (χ3v) is 4.14. The summed E-state index contributed by atoms with van der Waals surface area (Å²) in [6.45, 7) is 1.80. The fourth-order valence-electron chi connectivity index (χ4n) is 2.19. The number of hydrazine groups is 1. The van der Waals surface area contributed by atoms with Gasteiger partial charge in [0.1, 0.15) is 5.69 Å². The summed E-state index contributed by atoms with van der Waals surface area (Å²) in [6, 6.07) is 3.25. The Labute approximate surface area is 162 Å². The third kappa shape index (κ3) is 5.25. The van der Waals surface area contributed by atoms with Crippen molar-refractivity contribution in [2.24, 2.45) is 0 Å². The molecule has 0 unspecified atom stereocenters. The Morgan fingerprint density at radius 1 is 0.931 bits per heavy atom. The number of amides is 2. The lowest BCUT2D eigenvalue weighted by Gasteiger charge is -2.15. The van der Waals surface area contributed by atoms with Crippen LogP contribution in [0.3, 0.4) is 0 Å². The summed E-state index contributed by atoms with van der Waals surface area (Å²) in [5.41, 5.74) is 2.57. The third-order valence-electron chi connectivity index (χ3n) is 3.55. The predicted molar refractivity (Wildman–Crippen MR) is 96.3 cm³/mol. The molecule has 2 amide bonds. The number of aryl methyl sites for hydroxylation is 1. The minimum Gasteiger partial charge on any atom is -0.305 e. The van der Waals surface area contributed by atoms with Gasteiger partial charge in [-0.2, -0.15) is 0 Å². The van der Waals surface area contributed by atoms with Crippen molar-refractivity contribution in [3.63, 3.8) is 0 Å². The zero-order valence-corrected chi connectivity index (χ0v) is 15.8. The molecule has 0 saturated heterocycles. The number of nitrogens with one attached hydrogen (secondary N) is 4. The van der Waals surface area contributed by atoms with Crippen LogP contribution in [-0.4, -0.2) is 20.7 Å². The number of hydrogen-bond donors (Lipinski definition) is 4. The number of halogens is 5. The Kier molecular flexibility index (Phi) is 6.51. The molecule has 29 heavy (non-hydrogen) atoms. The summed E-state index contributed by atoms with van der Waals surface area (Å²) < 4.78 is 91.6. The van der Waals surface area contributed by atoms with Gasteiger partial charge in [-0.3, -0.25) is 15.6 Å². The molecule has 0 heterocycles. The maximum Gasteiger partial charge on any atom is 0.337 e. The smallest absolute Gasteiger partial charge is 0.305 e. The molecule has 2 rings (SSSR count). The van der Waals surface area contributed by atoms with Gasteiger partial charge in [-0.25, -0.2) is 35.2 Å². The van der Waals surface area contributed by atoms with Crippen LogP contribution in [0.2, 0.25) is 0 Å². The monoisotopic (exact) mass is 438 g/mol. The number of carbonyl (C=O) groups excluding carboxylic acids is 1. The van der Waals surface area contributed by atoms with Gasteiger partial charge >= 0.3 is 6.03 Å². The van der Waals surface area contributed by atoms with Crippen LogP contribution in [0.15, 0.2) is 18.2 Å². The van der Waals surface area contributed by atoms with E-state index in [1.807, 2.05) is 0 Å². The largest absolute Gasteiger partial charge is 0.337 e. The Morgan fingerprint density at radius 3 is 2.00 bits per heavy atom. The molecule has 0 atom stereocenters. The van der Waals surface area contributed by atoms with Gasteiger partial charge in [0, 0.05) is 0 Å². The molecule has 0 fully saturated rings. The number of urea groups is 1. The minimum absolute atomic E-state index is 0.00363. The van der Waals surface area contributed by atoms with Crippen LogP contribution >= 0.6 is 0 Å². The van der Waals surface area contributed by atoms with Crippen LogP contribution in [0.1, 0.15) is 12.5 Å². The second-order valence-corrected chi connectivity index (χ2v) is 7.51. The van der Waals surface area contributed by atoms with Crippen LogP contribution in [0.25, 0.3) is 0 Å². The van der Waals surface area contributed by atoms with Crippen molar-refractivity contribution in [2.45, 2.75) is 13.3 Å². The van der Waals surface area contributed by atoms with E-state index < -0.39 is 50.8 Å². The van der Waals surface area contributed by atoms with E-state index in [1.165, 1.54) is 12.1 Å². The maximum absolute atomic E-state index is 13.6. The molecule has 0 bridgehead atoms. The molecule has 0 aliphatic carbocycles. The lowest BCUT2D eigenvalue weighted by Crippen LogP contribution is -2.35. The van der Waals surface area contributed by atoms with E-state index in [4.69, 9.17) is 0 Å². The van der Waals surface area contributed by atoms with Crippen LogP contribution in [-0.2, 0) is 16.4 Å². The van der Waals surface area contributed by atoms with Crippen LogP contribution < -0.4 is 20.9 Å². The first-order chi connectivity index (χ1) is 13.4. The number of benzene rings is 2. The molecule has 0 aromatic heterocycles. The van der Waals surface area contributed by atoms with Gasteiger partial charge in [0.2, 0.25) is 15.8 Å². The van der Waals surface area contributed by atoms with E-state index in [9.17, 15) is 35.2 Å². The fraction of sp³-hybridized carbons (Fsp3) is 0.188. The summed E-state index contributed by atoms with van der Waals surface area (Å²) >= 11 is 0. The molecule has 0 aliphatic rings. The number of hydrogen-bond acceptors (Lipinski definition) is 4. The van der Waals surface area contributed by atoms with Gasteiger partial charge in [0.05, 0.1) is 17.6 Å². The van der Waals surface area contributed by atoms with E-state index in [-0.39, 0.29) is 11.4 Å². The van der Waals surface area contributed by atoms with Crippen molar-refractivity contribution in [3.05, 3.63) is 52.8 Å². The zero-order valence-electron chi connectivity index (χ0n) is 15.0. The average Bonchev–Trinajstić information content (AvgIpc) is 2.65. The molecule has 2 aromatic carbocycles. The first kappa shape index (κ1) is 22.2. The molecule has 0 radical (unpaired) electrons. The van der Waals surface area contributed by atoms with E-state index in [1.54, 1.807) is 23.8 Å². The van der Waals surface area contributed by atoms with Gasteiger partial charge in [-0.05, 0) is 24.1 Å². The summed E-state index contributed by atoms with van der Waals surface area (Å²) in [7, 11) is -3.69. The molecule has 0 spiro atoms. The normalized spacial score (nSPS) is 11.1. The van der Waals surface area contributed by atoms with Crippen LogP contribution in [0, 0.1) is 29.1 Å². The molecule has 4 N–H and O–H groups in total. The molecule has 7 nitrogen and oxygen atoms in total. The Bertz CT molecular complexity index is 1030. The molecular formula is C16H15F5N4O3S. The summed E-state index contributed by atoms with van der Waals surface area (Å²) in [6.07, 6.45) is 1.42. The zero-order chi connectivity index (χ0) is 21.9. The topological polar surface area (TPSA) is 99.3 Å².